The van der Waals surface area contributed by atoms with Crippen molar-refractivity contribution in [2.45, 2.75) is 20.0 Å². The Hall–Kier alpha value is -2.20. The number of esters is 1. The van der Waals surface area contributed by atoms with Crippen molar-refractivity contribution in [1.82, 2.24) is 10.2 Å². The zero-order chi connectivity index (χ0) is 15.7. The normalized spacial score (nSPS) is 19.7. The first kappa shape index (κ1) is 14.7. The molecule has 22 heavy (non-hydrogen) atoms. The number of benzene rings is 1. The Morgan fingerprint density at radius 2 is 2.27 bits per heavy atom. The van der Waals surface area contributed by atoms with Gasteiger partial charge in [-0.2, -0.15) is 0 Å². The van der Waals surface area contributed by atoms with Crippen molar-refractivity contribution in [2.24, 2.45) is 0 Å². The number of halogens is 1. The second-order valence-electron chi connectivity index (χ2n) is 5.18. The van der Waals surface area contributed by atoms with Gasteiger partial charge in [0.2, 0.25) is 0 Å². The van der Waals surface area contributed by atoms with E-state index in [4.69, 9.17) is 16.3 Å². The van der Waals surface area contributed by atoms with Crippen LogP contribution in [-0.4, -0.2) is 23.6 Å². The lowest BCUT2D eigenvalue weighted by Crippen LogP contribution is -2.37. The topological polar surface area (TPSA) is 41.6 Å². The summed E-state index contributed by atoms with van der Waals surface area (Å²) in [6.07, 6.45) is 5.59. The SMILES string of the molecule is CCOC(=O)C1=CN2C(C)=CNC2C(c2cccc(Cl)c2)=C1. The first-order chi connectivity index (χ1) is 10.6. The van der Waals surface area contributed by atoms with E-state index in [-0.39, 0.29) is 12.1 Å². The molecule has 0 aromatic heterocycles. The molecule has 0 fully saturated rings. The summed E-state index contributed by atoms with van der Waals surface area (Å²) >= 11 is 6.10. The van der Waals surface area contributed by atoms with E-state index < -0.39 is 0 Å². The van der Waals surface area contributed by atoms with Gasteiger partial charge in [0.1, 0.15) is 6.17 Å². The van der Waals surface area contributed by atoms with Gasteiger partial charge < -0.3 is 15.0 Å². The number of nitrogens with zero attached hydrogens (tertiary/aromatic N) is 1. The molecule has 114 valence electrons. The molecule has 1 unspecified atom stereocenters. The van der Waals surface area contributed by atoms with E-state index in [1.807, 2.05) is 54.6 Å². The molecule has 2 aliphatic rings. The molecular formula is C17H17ClN2O2. The highest BCUT2D eigenvalue weighted by Gasteiger charge is 2.31. The Morgan fingerprint density at radius 3 is 3.00 bits per heavy atom. The fourth-order valence-electron chi connectivity index (χ4n) is 2.64. The van der Waals surface area contributed by atoms with Crippen LogP contribution in [0.25, 0.3) is 5.57 Å². The van der Waals surface area contributed by atoms with E-state index in [0.29, 0.717) is 17.2 Å². The largest absolute Gasteiger partial charge is 0.462 e. The maximum Gasteiger partial charge on any atom is 0.339 e. The fraction of sp³-hybridized carbons (Fsp3) is 0.235. The lowest BCUT2D eigenvalue weighted by Gasteiger charge is -2.31. The standard InChI is InChI=1S/C17H17ClN2O2/c1-3-22-17(21)13-8-15(12-5-4-6-14(18)7-12)16-19-9-11(2)20(16)10-13/h4-10,16,19H,3H2,1-2H3. The molecule has 0 amide bonds. The average Bonchev–Trinajstić information content (AvgIpc) is 2.88. The summed E-state index contributed by atoms with van der Waals surface area (Å²) in [5, 5.41) is 3.99. The number of hydrogen-bond acceptors (Lipinski definition) is 4. The number of fused-ring (bicyclic) bond motifs is 1. The number of allylic oxidation sites excluding steroid dienone is 1. The number of carbonyl (C=O) groups is 1. The van der Waals surface area contributed by atoms with Crippen LogP contribution in [0.2, 0.25) is 5.02 Å². The minimum atomic E-state index is -0.319. The molecule has 1 aromatic rings. The number of hydrogen-bond donors (Lipinski definition) is 1. The molecule has 0 bridgehead atoms. The lowest BCUT2D eigenvalue weighted by molar-refractivity contribution is -0.138. The second-order valence-corrected chi connectivity index (χ2v) is 5.61. The molecule has 1 N–H and O–H groups in total. The molecule has 5 heteroatoms. The zero-order valence-electron chi connectivity index (χ0n) is 12.5. The van der Waals surface area contributed by atoms with Crippen LogP contribution in [0.4, 0.5) is 0 Å². The summed E-state index contributed by atoms with van der Waals surface area (Å²) in [5.41, 5.74) is 3.54. The maximum absolute atomic E-state index is 12.1. The summed E-state index contributed by atoms with van der Waals surface area (Å²) in [6, 6.07) is 7.62. The van der Waals surface area contributed by atoms with E-state index in [9.17, 15) is 4.79 Å². The number of carbonyl (C=O) groups excluding carboxylic acids is 1. The number of rotatable bonds is 3. The first-order valence-corrected chi connectivity index (χ1v) is 7.55. The monoisotopic (exact) mass is 316 g/mol. The van der Waals surface area contributed by atoms with Crippen LogP contribution in [0.3, 0.4) is 0 Å². The maximum atomic E-state index is 12.1. The van der Waals surface area contributed by atoms with Crippen molar-refractivity contribution in [3.63, 3.8) is 0 Å². The van der Waals surface area contributed by atoms with Crippen molar-refractivity contribution in [2.75, 3.05) is 6.61 Å². The first-order valence-electron chi connectivity index (χ1n) is 7.18. The number of nitrogens with one attached hydrogen (secondary N) is 1. The Labute approximate surface area is 134 Å². The smallest absolute Gasteiger partial charge is 0.339 e. The minimum absolute atomic E-state index is 0.0309. The van der Waals surface area contributed by atoms with Crippen molar-refractivity contribution in [1.29, 1.82) is 0 Å². The van der Waals surface area contributed by atoms with E-state index in [0.717, 1.165) is 16.8 Å². The Balaban J connectivity index is 2.03. The molecule has 0 aliphatic carbocycles. The van der Waals surface area contributed by atoms with Gasteiger partial charge in [0.15, 0.2) is 0 Å². The number of ether oxygens (including phenoxy) is 1. The van der Waals surface area contributed by atoms with Crippen molar-refractivity contribution in [3.8, 4) is 0 Å². The lowest BCUT2D eigenvalue weighted by atomic mass is 9.97. The van der Waals surface area contributed by atoms with Crippen LogP contribution in [0.1, 0.15) is 19.4 Å². The molecule has 0 spiro atoms. The molecule has 4 nitrogen and oxygen atoms in total. The summed E-state index contributed by atoms with van der Waals surface area (Å²) in [7, 11) is 0. The third-order valence-electron chi connectivity index (χ3n) is 3.69. The van der Waals surface area contributed by atoms with E-state index >= 15 is 0 Å². The third kappa shape index (κ3) is 2.62. The van der Waals surface area contributed by atoms with Crippen LogP contribution in [0.5, 0.6) is 0 Å². The van der Waals surface area contributed by atoms with E-state index in [1.165, 1.54) is 0 Å². The van der Waals surface area contributed by atoms with Crippen LogP contribution in [-0.2, 0) is 9.53 Å². The Morgan fingerprint density at radius 1 is 1.45 bits per heavy atom. The average molecular weight is 317 g/mol. The van der Waals surface area contributed by atoms with Crippen LogP contribution in [0.15, 0.2) is 54.0 Å². The van der Waals surface area contributed by atoms with Gasteiger partial charge in [0, 0.05) is 28.7 Å². The predicted octanol–water partition coefficient (Wildman–Crippen LogP) is 3.28. The molecule has 0 saturated heterocycles. The van der Waals surface area contributed by atoms with Gasteiger partial charge in [0.25, 0.3) is 0 Å². The highest BCUT2D eigenvalue weighted by Crippen LogP contribution is 2.33. The Bertz CT molecular complexity index is 706. The molecule has 3 rings (SSSR count). The molecule has 1 atom stereocenters. The quantitative estimate of drug-likeness (QED) is 0.869. The highest BCUT2D eigenvalue weighted by molar-refractivity contribution is 6.30. The predicted molar refractivity (Wildman–Crippen MR) is 86.7 cm³/mol. The second kappa shape index (κ2) is 5.89. The van der Waals surface area contributed by atoms with Gasteiger partial charge in [-0.15, -0.1) is 0 Å². The molecule has 0 radical (unpaired) electrons. The fourth-order valence-corrected chi connectivity index (χ4v) is 2.83. The van der Waals surface area contributed by atoms with Crippen LogP contribution in [0, 0.1) is 0 Å². The van der Waals surface area contributed by atoms with Crippen molar-refractivity contribution < 1.29 is 9.53 Å². The van der Waals surface area contributed by atoms with Gasteiger partial charge >= 0.3 is 5.97 Å². The summed E-state index contributed by atoms with van der Waals surface area (Å²) in [5.74, 6) is -0.319. The third-order valence-corrected chi connectivity index (χ3v) is 3.92. The highest BCUT2D eigenvalue weighted by atomic mass is 35.5. The molecule has 2 aliphatic heterocycles. The van der Waals surface area contributed by atoms with Crippen LogP contribution >= 0.6 is 11.6 Å². The molecule has 1 aromatic carbocycles. The zero-order valence-corrected chi connectivity index (χ0v) is 13.2. The van der Waals surface area contributed by atoms with Crippen molar-refractivity contribution in [3.05, 3.63) is 64.6 Å². The van der Waals surface area contributed by atoms with Gasteiger partial charge in [-0.3, -0.25) is 0 Å². The van der Waals surface area contributed by atoms with Crippen molar-refractivity contribution >= 4 is 23.1 Å². The molecule has 2 heterocycles. The van der Waals surface area contributed by atoms with E-state index in [1.54, 1.807) is 6.92 Å². The van der Waals surface area contributed by atoms with Gasteiger partial charge in [-0.05, 0) is 37.6 Å². The Kier molecular flexibility index (Phi) is 3.94. The van der Waals surface area contributed by atoms with Crippen LogP contribution < -0.4 is 5.32 Å². The summed E-state index contributed by atoms with van der Waals surface area (Å²) in [4.78, 5) is 14.1. The molecular weight excluding hydrogens is 300 g/mol. The molecule has 0 saturated carbocycles. The van der Waals surface area contributed by atoms with Gasteiger partial charge in [0.05, 0.1) is 12.2 Å². The minimum Gasteiger partial charge on any atom is -0.462 e. The van der Waals surface area contributed by atoms with E-state index in [2.05, 4.69) is 5.32 Å². The van der Waals surface area contributed by atoms with Gasteiger partial charge in [-0.25, -0.2) is 4.79 Å². The summed E-state index contributed by atoms with van der Waals surface area (Å²) < 4.78 is 5.13. The van der Waals surface area contributed by atoms with Gasteiger partial charge in [-0.1, -0.05) is 23.7 Å². The summed E-state index contributed by atoms with van der Waals surface area (Å²) in [6.45, 7) is 4.15.